The number of phenols is 2. The van der Waals surface area contributed by atoms with Gasteiger partial charge in [-0.2, -0.15) is 0 Å². The molecule has 3 heterocycles. The zero-order chi connectivity index (χ0) is 31.3. The Hall–Kier alpha value is -3.45. The molecule has 0 radical (unpaired) electrons. The van der Waals surface area contributed by atoms with E-state index < -0.39 is 115 Å². The summed E-state index contributed by atoms with van der Waals surface area (Å²) < 4.78 is 28.0. The molecule has 43 heavy (non-hydrogen) atoms. The van der Waals surface area contributed by atoms with Gasteiger partial charge in [0.15, 0.2) is 23.5 Å². The predicted octanol–water partition coefficient (Wildman–Crippen LogP) is -2.08. The number of rotatable bonds is 6. The SMILES string of the molecule is CC1O[C@@H](OCC2O[C@@H](OC3=C(c4ccc(O)c(O)c4)OC4C=C(O)C=C(O)C4C3=O)C(O)[C@H](O)[C@@H]2O)C(O)[C@@H](O)[C@H]1O. The second kappa shape index (κ2) is 11.9. The first-order chi connectivity index (χ1) is 20.3. The van der Waals surface area contributed by atoms with Crippen LogP contribution >= 0.6 is 0 Å². The average molecular weight is 613 g/mol. The Bertz CT molecular complexity index is 1320. The largest absolute Gasteiger partial charge is 0.511 e. The Morgan fingerprint density at radius 3 is 2.19 bits per heavy atom. The maximum absolute atomic E-state index is 13.6. The summed E-state index contributed by atoms with van der Waals surface area (Å²) in [6.07, 6.45) is -15.2. The number of allylic oxidation sites excluding steroid dienone is 2. The number of carbonyl (C=O) groups is 1. The third-order valence-electron chi connectivity index (χ3n) is 7.62. The maximum atomic E-state index is 13.6. The van der Waals surface area contributed by atoms with Gasteiger partial charge in [0.2, 0.25) is 17.8 Å². The molecule has 16 heteroatoms. The zero-order valence-corrected chi connectivity index (χ0v) is 22.4. The Balaban J connectivity index is 1.42. The van der Waals surface area contributed by atoms with E-state index >= 15 is 0 Å². The fraction of sp³-hybridized carbons (Fsp3) is 0.519. The van der Waals surface area contributed by atoms with Crippen molar-refractivity contribution in [3.63, 3.8) is 0 Å². The van der Waals surface area contributed by atoms with Crippen LogP contribution in [0.4, 0.5) is 0 Å². The lowest BCUT2D eigenvalue weighted by atomic mass is 9.86. The van der Waals surface area contributed by atoms with E-state index in [0.29, 0.717) is 0 Å². The number of phenolic OH excluding ortho intramolecular Hbond substituents is 2. The molecule has 0 aromatic heterocycles. The van der Waals surface area contributed by atoms with Crippen LogP contribution in [0.2, 0.25) is 0 Å². The maximum Gasteiger partial charge on any atom is 0.229 e. The Labute approximate surface area is 243 Å². The number of hydrogen-bond acceptors (Lipinski definition) is 16. The second-order valence-electron chi connectivity index (χ2n) is 10.6. The van der Waals surface area contributed by atoms with Crippen molar-refractivity contribution in [2.24, 2.45) is 5.92 Å². The minimum atomic E-state index is -1.95. The van der Waals surface area contributed by atoms with Crippen LogP contribution in [0, 0.1) is 5.92 Å². The molecule has 10 N–H and O–H groups in total. The summed E-state index contributed by atoms with van der Waals surface area (Å²) >= 11 is 0. The quantitative estimate of drug-likeness (QED) is 0.154. The predicted molar refractivity (Wildman–Crippen MR) is 138 cm³/mol. The second-order valence-corrected chi connectivity index (χ2v) is 10.6. The van der Waals surface area contributed by atoms with Gasteiger partial charge >= 0.3 is 0 Å². The summed E-state index contributed by atoms with van der Waals surface area (Å²) in [5, 5.41) is 102. The van der Waals surface area contributed by atoms with Crippen LogP contribution < -0.4 is 0 Å². The standard InChI is InChI=1S/C27H32O16/c1-8-17(32)20(35)22(37)26(40-8)39-7-15-18(33)21(36)23(38)27(42-15)43-25-19(34)16-13(31)5-10(28)6-14(16)41-24(25)9-2-3-11(29)12(30)4-9/h2-6,8,14-18,20-23,26-33,35-38H,7H2,1H3/t8?,14?,15?,16?,17-,18+,20-,21+,22?,23?,26+,27-/m0/s1. The van der Waals surface area contributed by atoms with Gasteiger partial charge in [-0.25, -0.2) is 0 Å². The molecular weight excluding hydrogens is 580 g/mol. The summed E-state index contributed by atoms with van der Waals surface area (Å²) in [7, 11) is 0. The van der Waals surface area contributed by atoms with Gasteiger partial charge in [-0.15, -0.1) is 0 Å². The Kier molecular flexibility index (Phi) is 8.59. The van der Waals surface area contributed by atoms with Crippen LogP contribution in [0.1, 0.15) is 12.5 Å². The van der Waals surface area contributed by atoms with Gasteiger partial charge in [-0.3, -0.25) is 4.79 Å². The topological polar surface area (TPSA) is 266 Å². The van der Waals surface area contributed by atoms with Crippen LogP contribution in [-0.2, 0) is 28.5 Å². The van der Waals surface area contributed by atoms with Crippen LogP contribution in [0.5, 0.6) is 11.5 Å². The molecule has 0 amide bonds. The molecule has 3 aliphatic heterocycles. The van der Waals surface area contributed by atoms with Gasteiger partial charge in [0.25, 0.3) is 0 Å². The number of aliphatic hydroxyl groups excluding tert-OH is 8. The van der Waals surface area contributed by atoms with Gasteiger partial charge in [-0.1, -0.05) is 0 Å². The van der Waals surface area contributed by atoms with Crippen molar-refractivity contribution < 1.29 is 79.5 Å². The van der Waals surface area contributed by atoms with E-state index in [0.717, 1.165) is 24.3 Å². The highest BCUT2D eigenvalue weighted by Crippen LogP contribution is 2.41. The summed E-state index contributed by atoms with van der Waals surface area (Å²) in [6, 6.07) is 3.40. The lowest BCUT2D eigenvalue weighted by Crippen LogP contribution is -2.61. The molecule has 1 aromatic rings. The van der Waals surface area contributed by atoms with Crippen LogP contribution in [0.25, 0.3) is 5.76 Å². The molecule has 1 aliphatic carbocycles. The van der Waals surface area contributed by atoms with E-state index in [9.17, 15) is 55.9 Å². The summed E-state index contributed by atoms with van der Waals surface area (Å²) in [5.74, 6) is -5.31. The molecule has 4 aliphatic rings. The molecule has 2 fully saturated rings. The minimum absolute atomic E-state index is 0.00287. The third-order valence-corrected chi connectivity index (χ3v) is 7.62. The first-order valence-corrected chi connectivity index (χ1v) is 13.2. The van der Waals surface area contributed by atoms with E-state index in [-0.39, 0.29) is 11.3 Å². The number of benzene rings is 1. The highest BCUT2D eigenvalue weighted by atomic mass is 16.7. The molecular formula is C27H32O16. The number of carbonyl (C=O) groups excluding carboxylic acids is 1. The lowest BCUT2D eigenvalue weighted by Gasteiger charge is -2.43. The summed E-state index contributed by atoms with van der Waals surface area (Å²) in [4.78, 5) is 13.6. The molecule has 12 atom stereocenters. The fourth-order valence-electron chi connectivity index (χ4n) is 5.13. The van der Waals surface area contributed by atoms with Crippen molar-refractivity contribution >= 4 is 11.5 Å². The molecule has 5 rings (SSSR count). The van der Waals surface area contributed by atoms with Gasteiger partial charge < -0.3 is 74.7 Å². The molecule has 0 spiro atoms. The van der Waals surface area contributed by atoms with E-state index in [4.69, 9.17) is 23.7 Å². The van der Waals surface area contributed by atoms with Gasteiger partial charge in [-0.05, 0) is 31.2 Å². The van der Waals surface area contributed by atoms with Gasteiger partial charge in [0, 0.05) is 11.6 Å². The van der Waals surface area contributed by atoms with Crippen LogP contribution in [-0.4, -0.2) is 131 Å². The molecule has 2 saturated heterocycles. The van der Waals surface area contributed by atoms with E-state index in [1.807, 2.05) is 0 Å². The van der Waals surface area contributed by atoms with Crippen molar-refractivity contribution in [2.45, 2.75) is 74.4 Å². The lowest BCUT2D eigenvalue weighted by molar-refractivity contribution is -0.323. The van der Waals surface area contributed by atoms with Crippen molar-refractivity contribution in [2.75, 3.05) is 6.61 Å². The number of fused-ring (bicyclic) bond motifs is 1. The molecule has 6 unspecified atom stereocenters. The van der Waals surface area contributed by atoms with E-state index in [1.165, 1.54) is 13.0 Å². The van der Waals surface area contributed by atoms with Crippen molar-refractivity contribution in [1.82, 2.24) is 0 Å². The number of ether oxygens (including phenoxy) is 5. The highest BCUT2D eigenvalue weighted by molar-refractivity contribution is 6.04. The first-order valence-electron chi connectivity index (χ1n) is 13.2. The molecule has 0 bridgehead atoms. The number of hydrogen-bond donors (Lipinski definition) is 10. The van der Waals surface area contributed by atoms with Crippen molar-refractivity contribution in [1.29, 1.82) is 0 Å². The molecule has 1 aromatic carbocycles. The van der Waals surface area contributed by atoms with Crippen molar-refractivity contribution in [3.05, 3.63) is 53.2 Å². The summed E-state index contributed by atoms with van der Waals surface area (Å²) in [5.41, 5.74) is 0.00287. The number of ketones is 1. The van der Waals surface area contributed by atoms with Crippen LogP contribution in [0.3, 0.4) is 0 Å². The highest BCUT2D eigenvalue weighted by Gasteiger charge is 2.50. The molecule has 236 valence electrons. The van der Waals surface area contributed by atoms with E-state index in [2.05, 4.69) is 0 Å². The Morgan fingerprint density at radius 1 is 0.814 bits per heavy atom. The van der Waals surface area contributed by atoms with Gasteiger partial charge in [0.05, 0.1) is 12.7 Å². The summed E-state index contributed by atoms with van der Waals surface area (Å²) in [6.45, 7) is 0.831. The van der Waals surface area contributed by atoms with Crippen molar-refractivity contribution in [3.8, 4) is 11.5 Å². The smallest absolute Gasteiger partial charge is 0.229 e. The zero-order valence-electron chi connectivity index (χ0n) is 22.4. The normalized spacial score (nSPS) is 39.8. The number of Topliss-reactive ketones (excluding diaryl/α,β-unsaturated/α-hetero) is 1. The average Bonchev–Trinajstić information content (AvgIpc) is 2.96. The number of aromatic hydroxyl groups is 2. The Morgan fingerprint density at radius 2 is 1.49 bits per heavy atom. The van der Waals surface area contributed by atoms with Crippen LogP contribution in [0.15, 0.2) is 47.6 Å². The monoisotopic (exact) mass is 612 g/mol. The van der Waals surface area contributed by atoms with E-state index in [1.54, 1.807) is 0 Å². The third kappa shape index (κ3) is 5.76. The minimum Gasteiger partial charge on any atom is -0.511 e. The van der Waals surface area contributed by atoms with Gasteiger partial charge in [0.1, 0.15) is 66.3 Å². The molecule has 16 nitrogen and oxygen atoms in total. The fourth-order valence-corrected chi connectivity index (χ4v) is 5.13. The molecule has 0 saturated carbocycles. The first kappa shape index (κ1) is 31.0. The number of aliphatic hydroxyl groups is 8.